The minimum absolute atomic E-state index is 0.00519. The van der Waals surface area contributed by atoms with Gasteiger partial charge in [0.1, 0.15) is 0 Å². The Morgan fingerprint density at radius 3 is 3.14 bits per heavy atom. The van der Waals surface area contributed by atoms with Crippen LogP contribution >= 0.6 is 0 Å². The van der Waals surface area contributed by atoms with E-state index in [1.54, 1.807) is 6.20 Å². The molecule has 5 heteroatoms. The third kappa shape index (κ3) is 1.81. The van der Waals surface area contributed by atoms with E-state index in [-0.39, 0.29) is 11.8 Å². The number of carbonyl (C=O) groups is 1. The van der Waals surface area contributed by atoms with Crippen LogP contribution in [0.1, 0.15) is 18.5 Å². The average Bonchev–Trinajstić information content (AvgIpc) is 2.62. The Kier molecular flexibility index (Phi) is 2.30. The number of aromatic nitrogens is 3. The van der Waals surface area contributed by atoms with Gasteiger partial charge in [0.2, 0.25) is 5.91 Å². The lowest BCUT2D eigenvalue weighted by atomic mass is 9.93. The average molecular weight is 192 g/mol. The van der Waals surface area contributed by atoms with Crippen molar-refractivity contribution >= 4 is 5.91 Å². The Labute approximate surface area is 81.6 Å². The van der Waals surface area contributed by atoms with E-state index < -0.39 is 0 Å². The van der Waals surface area contributed by atoms with Crippen molar-refractivity contribution in [1.29, 1.82) is 0 Å². The molecule has 1 fully saturated rings. The lowest BCUT2D eigenvalue weighted by molar-refractivity contribution is -0.125. The lowest BCUT2D eigenvalue weighted by Crippen LogP contribution is -2.35. The summed E-state index contributed by atoms with van der Waals surface area (Å²) in [4.78, 5) is 11.5. The van der Waals surface area contributed by atoms with E-state index >= 15 is 0 Å². The molecule has 0 saturated carbocycles. The van der Waals surface area contributed by atoms with Gasteiger partial charge in [-0.05, 0) is 12.8 Å². The van der Waals surface area contributed by atoms with E-state index in [1.807, 2.05) is 0 Å². The molecular formula is C9H12N4O. The van der Waals surface area contributed by atoms with E-state index in [2.05, 4.69) is 27.3 Å². The van der Waals surface area contributed by atoms with Crippen molar-refractivity contribution in [2.75, 3.05) is 0 Å². The van der Waals surface area contributed by atoms with Gasteiger partial charge in [0.15, 0.2) is 0 Å². The van der Waals surface area contributed by atoms with E-state index in [1.165, 1.54) is 0 Å². The monoisotopic (exact) mass is 192 g/mol. The predicted octanol–water partition coefficient (Wildman–Crippen LogP) is 0.387. The number of H-pyrrole nitrogens is 1. The first-order valence-corrected chi connectivity index (χ1v) is 4.59. The third-order valence-electron chi connectivity index (χ3n) is 2.39. The van der Waals surface area contributed by atoms with Crippen LogP contribution in [-0.4, -0.2) is 21.3 Å². The molecule has 5 nitrogen and oxygen atoms in total. The molecule has 1 unspecified atom stereocenters. The van der Waals surface area contributed by atoms with Crippen LogP contribution in [0.15, 0.2) is 18.5 Å². The zero-order valence-corrected chi connectivity index (χ0v) is 7.79. The first kappa shape index (κ1) is 8.93. The second-order valence-electron chi connectivity index (χ2n) is 3.49. The Bertz CT molecular complexity index is 344. The Balaban J connectivity index is 1.99. The number of amides is 1. The molecule has 1 aliphatic heterocycles. The predicted molar refractivity (Wildman–Crippen MR) is 50.1 cm³/mol. The number of hydrogen-bond acceptors (Lipinski definition) is 3. The van der Waals surface area contributed by atoms with Gasteiger partial charge in [0.05, 0.1) is 11.9 Å². The summed E-state index contributed by atoms with van der Waals surface area (Å²) in [6, 6.07) is 0. The lowest BCUT2D eigenvalue weighted by Gasteiger charge is -2.22. The summed E-state index contributed by atoms with van der Waals surface area (Å²) >= 11 is 0. The number of carbonyl (C=O) groups excluding carboxylic acids is 1. The zero-order valence-electron chi connectivity index (χ0n) is 7.79. The van der Waals surface area contributed by atoms with Crippen molar-refractivity contribution in [3.8, 4) is 0 Å². The molecule has 1 atom stereocenters. The molecule has 1 amide bonds. The first-order chi connectivity index (χ1) is 6.75. The summed E-state index contributed by atoms with van der Waals surface area (Å²) in [7, 11) is 0. The minimum Gasteiger partial charge on any atom is -0.330 e. The molecule has 0 radical (unpaired) electrons. The van der Waals surface area contributed by atoms with Gasteiger partial charge in [-0.3, -0.25) is 4.79 Å². The molecule has 1 aliphatic rings. The van der Waals surface area contributed by atoms with Gasteiger partial charge in [0, 0.05) is 18.0 Å². The molecule has 1 aromatic rings. The number of allylic oxidation sites excluding steroid dienone is 1. The zero-order chi connectivity index (χ0) is 9.97. The van der Waals surface area contributed by atoms with Gasteiger partial charge in [-0.25, -0.2) is 0 Å². The molecule has 0 spiro atoms. The highest BCUT2D eigenvalue weighted by Crippen LogP contribution is 2.19. The van der Waals surface area contributed by atoms with E-state index in [0.29, 0.717) is 6.42 Å². The highest BCUT2D eigenvalue weighted by Gasteiger charge is 2.24. The van der Waals surface area contributed by atoms with Crippen LogP contribution in [0.4, 0.5) is 0 Å². The SMILES string of the molecule is C=C1CCC(Cc2cn[nH]n2)C(=O)N1. The van der Waals surface area contributed by atoms with Crippen molar-refractivity contribution in [1.82, 2.24) is 20.7 Å². The molecule has 1 saturated heterocycles. The number of nitrogens with one attached hydrogen (secondary N) is 2. The summed E-state index contributed by atoms with van der Waals surface area (Å²) in [6.07, 6.45) is 4.00. The topological polar surface area (TPSA) is 70.7 Å². The van der Waals surface area contributed by atoms with Gasteiger partial charge < -0.3 is 5.32 Å². The van der Waals surface area contributed by atoms with Crippen LogP contribution in [0.5, 0.6) is 0 Å². The van der Waals surface area contributed by atoms with Crippen LogP contribution in [-0.2, 0) is 11.2 Å². The smallest absolute Gasteiger partial charge is 0.227 e. The van der Waals surface area contributed by atoms with Crippen LogP contribution in [0, 0.1) is 5.92 Å². The summed E-state index contributed by atoms with van der Waals surface area (Å²) in [6.45, 7) is 3.73. The molecule has 0 aromatic carbocycles. The second-order valence-corrected chi connectivity index (χ2v) is 3.49. The molecule has 2 heterocycles. The number of aromatic amines is 1. The first-order valence-electron chi connectivity index (χ1n) is 4.59. The standard InChI is InChI=1S/C9H12N4O/c1-6-2-3-7(9(14)11-6)4-8-5-10-13-12-8/h5,7H,1-4H2,(H,11,14)(H,10,12,13). The van der Waals surface area contributed by atoms with Crippen molar-refractivity contribution < 1.29 is 4.79 Å². The molecule has 0 aliphatic carbocycles. The van der Waals surface area contributed by atoms with Crippen LogP contribution in [0.2, 0.25) is 0 Å². The Hall–Kier alpha value is -1.65. The largest absolute Gasteiger partial charge is 0.330 e. The summed E-state index contributed by atoms with van der Waals surface area (Å²) < 4.78 is 0. The van der Waals surface area contributed by atoms with Gasteiger partial charge in [-0.1, -0.05) is 6.58 Å². The van der Waals surface area contributed by atoms with Crippen molar-refractivity contribution in [3.63, 3.8) is 0 Å². The van der Waals surface area contributed by atoms with Crippen LogP contribution in [0.25, 0.3) is 0 Å². The molecule has 2 rings (SSSR count). The van der Waals surface area contributed by atoms with Gasteiger partial charge in [-0.2, -0.15) is 15.4 Å². The molecule has 2 N–H and O–H groups in total. The molecule has 1 aromatic heterocycles. The van der Waals surface area contributed by atoms with Crippen molar-refractivity contribution in [2.45, 2.75) is 19.3 Å². The second kappa shape index (κ2) is 3.61. The highest BCUT2D eigenvalue weighted by molar-refractivity contribution is 5.81. The molecule has 0 bridgehead atoms. The normalized spacial score (nSPS) is 22.1. The molecule has 14 heavy (non-hydrogen) atoms. The highest BCUT2D eigenvalue weighted by atomic mass is 16.1. The maximum absolute atomic E-state index is 11.5. The van der Waals surface area contributed by atoms with Gasteiger partial charge in [0.25, 0.3) is 0 Å². The fourth-order valence-corrected chi connectivity index (χ4v) is 1.59. The summed E-state index contributed by atoms with van der Waals surface area (Å²) in [5.74, 6) is 0.0508. The van der Waals surface area contributed by atoms with E-state index in [4.69, 9.17) is 0 Å². The Morgan fingerprint density at radius 1 is 1.64 bits per heavy atom. The van der Waals surface area contributed by atoms with Crippen LogP contribution in [0.3, 0.4) is 0 Å². The van der Waals surface area contributed by atoms with Crippen LogP contribution < -0.4 is 5.32 Å². The van der Waals surface area contributed by atoms with Gasteiger partial charge in [-0.15, -0.1) is 0 Å². The number of hydrogen-bond donors (Lipinski definition) is 2. The Morgan fingerprint density at radius 2 is 2.50 bits per heavy atom. The van der Waals surface area contributed by atoms with Gasteiger partial charge >= 0.3 is 0 Å². The maximum atomic E-state index is 11.5. The third-order valence-corrected chi connectivity index (χ3v) is 2.39. The molecular weight excluding hydrogens is 180 g/mol. The quantitative estimate of drug-likeness (QED) is 0.712. The number of piperidine rings is 1. The van der Waals surface area contributed by atoms with E-state index in [9.17, 15) is 4.79 Å². The fraction of sp³-hybridized carbons (Fsp3) is 0.444. The van der Waals surface area contributed by atoms with Crippen molar-refractivity contribution in [3.05, 3.63) is 24.2 Å². The molecule has 74 valence electrons. The summed E-state index contributed by atoms with van der Waals surface area (Å²) in [5.41, 5.74) is 1.64. The fourth-order valence-electron chi connectivity index (χ4n) is 1.59. The number of nitrogens with zero attached hydrogens (tertiary/aromatic N) is 2. The minimum atomic E-state index is 0.00519. The summed E-state index contributed by atoms with van der Waals surface area (Å²) in [5, 5.41) is 12.9. The number of rotatable bonds is 2. The van der Waals surface area contributed by atoms with E-state index in [0.717, 1.165) is 24.2 Å². The van der Waals surface area contributed by atoms with Crippen molar-refractivity contribution in [2.24, 2.45) is 5.92 Å². The maximum Gasteiger partial charge on any atom is 0.227 e.